The molecular formula is C34H36FN3O4S. The van der Waals surface area contributed by atoms with Gasteiger partial charge in [-0.1, -0.05) is 83.9 Å². The highest BCUT2D eigenvalue weighted by molar-refractivity contribution is 7.92. The molecular weight excluding hydrogens is 565 g/mol. The van der Waals surface area contributed by atoms with E-state index in [2.05, 4.69) is 5.32 Å². The molecule has 9 heteroatoms. The largest absolute Gasteiger partial charge is 0.355 e. The van der Waals surface area contributed by atoms with E-state index in [0.29, 0.717) is 12.2 Å². The number of anilines is 1. The summed E-state index contributed by atoms with van der Waals surface area (Å²) in [5.41, 5.74) is 3.11. The number of nitrogens with zero attached hydrogens (tertiary/aromatic N) is 2. The van der Waals surface area contributed by atoms with Gasteiger partial charge in [0, 0.05) is 25.1 Å². The summed E-state index contributed by atoms with van der Waals surface area (Å²) in [6.45, 7) is 5.00. The van der Waals surface area contributed by atoms with E-state index in [1.807, 2.05) is 44.2 Å². The van der Waals surface area contributed by atoms with Crippen molar-refractivity contribution in [2.24, 2.45) is 0 Å². The van der Waals surface area contributed by atoms with Crippen LogP contribution in [0.15, 0.2) is 108 Å². The highest BCUT2D eigenvalue weighted by Crippen LogP contribution is 2.26. The molecule has 0 radical (unpaired) electrons. The Morgan fingerprint density at radius 3 is 2.00 bits per heavy atom. The third kappa shape index (κ3) is 7.87. The number of carbonyl (C=O) groups excluding carboxylic acids is 2. The number of sulfonamides is 1. The number of benzene rings is 4. The quantitative estimate of drug-likeness (QED) is 0.235. The van der Waals surface area contributed by atoms with E-state index in [0.717, 1.165) is 21.0 Å². The Kier molecular flexibility index (Phi) is 10.3. The molecule has 0 aliphatic heterocycles. The topological polar surface area (TPSA) is 86.8 Å². The number of rotatable bonds is 12. The maximum Gasteiger partial charge on any atom is 0.264 e. The van der Waals surface area contributed by atoms with Crippen molar-refractivity contribution in [2.45, 2.75) is 44.7 Å². The fourth-order valence-electron chi connectivity index (χ4n) is 4.73. The van der Waals surface area contributed by atoms with Gasteiger partial charge in [-0.15, -0.1) is 0 Å². The summed E-state index contributed by atoms with van der Waals surface area (Å²) in [6.07, 6.45) is 0.155. The average Bonchev–Trinajstić information content (AvgIpc) is 3.00. The number of likely N-dealkylation sites (N-methyl/N-ethyl adjacent to an activating group) is 1. The lowest BCUT2D eigenvalue weighted by molar-refractivity contribution is -0.140. The smallest absolute Gasteiger partial charge is 0.264 e. The van der Waals surface area contributed by atoms with Crippen molar-refractivity contribution in [1.29, 1.82) is 0 Å². The van der Waals surface area contributed by atoms with Crippen molar-refractivity contribution in [3.8, 4) is 0 Å². The third-order valence-corrected chi connectivity index (χ3v) is 8.92. The van der Waals surface area contributed by atoms with Crippen LogP contribution < -0.4 is 9.62 Å². The molecule has 0 unspecified atom stereocenters. The van der Waals surface area contributed by atoms with Crippen LogP contribution >= 0.6 is 0 Å². The van der Waals surface area contributed by atoms with Crippen molar-refractivity contribution in [1.82, 2.24) is 10.2 Å². The average molecular weight is 602 g/mol. The van der Waals surface area contributed by atoms with E-state index in [1.54, 1.807) is 61.5 Å². The molecule has 0 aliphatic carbocycles. The lowest BCUT2D eigenvalue weighted by atomic mass is 10.0. The van der Waals surface area contributed by atoms with Crippen molar-refractivity contribution < 1.29 is 22.4 Å². The van der Waals surface area contributed by atoms with Crippen LogP contribution in [0.1, 0.15) is 29.2 Å². The molecule has 0 bridgehead atoms. The minimum atomic E-state index is -4.20. The van der Waals surface area contributed by atoms with Gasteiger partial charge in [0.25, 0.3) is 10.0 Å². The Morgan fingerprint density at radius 1 is 0.814 bits per heavy atom. The molecule has 4 rings (SSSR count). The molecule has 4 aromatic carbocycles. The first-order valence-electron chi connectivity index (χ1n) is 14.1. The summed E-state index contributed by atoms with van der Waals surface area (Å²) in [5.74, 6) is -1.59. The Morgan fingerprint density at radius 2 is 1.40 bits per heavy atom. The molecule has 43 heavy (non-hydrogen) atoms. The van der Waals surface area contributed by atoms with Crippen LogP contribution in [0.5, 0.6) is 0 Å². The van der Waals surface area contributed by atoms with Gasteiger partial charge in [0.1, 0.15) is 18.4 Å². The molecule has 0 spiro atoms. The van der Waals surface area contributed by atoms with E-state index in [1.165, 1.54) is 23.1 Å². The fourth-order valence-corrected chi connectivity index (χ4v) is 6.15. The summed E-state index contributed by atoms with van der Waals surface area (Å²) in [4.78, 5) is 29.1. The SMILES string of the molecule is CCNC(=O)[C@@H](Cc1ccccc1)N(Cc1ccccc1F)C(=O)CN(c1ccc(C)cc1)S(=O)(=O)c1ccc(C)cc1. The number of hydrogen-bond donors (Lipinski definition) is 1. The minimum Gasteiger partial charge on any atom is -0.355 e. The maximum atomic E-state index is 14.9. The van der Waals surface area contributed by atoms with E-state index in [4.69, 9.17) is 0 Å². The highest BCUT2D eigenvalue weighted by atomic mass is 32.2. The monoisotopic (exact) mass is 601 g/mol. The molecule has 2 amide bonds. The first-order valence-corrected chi connectivity index (χ1v) is 15.5. The van der Waals surface area contributed by atoms with Crippen molar-refractivity contribution >= 4 is 27.5 Å². The van der Waals surface area contributed by atoms with Gasteiger partial charge < -0.3 is 10.2 Å². The maximum absolute atomic E-state index is 14.9. The molecule has 1 N–H and O–H groups in total. The zero-order valence-corrected chi connectivity index (χ0v) is 25.4. The Labute approximate surface area is 253 Å². The van der Waals surface area contributed by atoms with E-state index in [-0.39, 0.29) is 23.4 Å². The molecule has 0 aliphatic rings. The second-order valence-electron chi connectivity index (χ2n) is 10.4. The molecule has 1 atom stereocenters. The van der Waals surface area contributed by atoms with Gasteiger partial charge in [0.2, 0.25) is 11.8 Å². The van der Waals surface area contributed by atoms with E-state index in [9.17, 15) is 22.4 Å². The predicted molar refractivity (Wildman–Crippen MR) is 166 cm³/mol. The van der Waals surface area contributed by atoms with Gasteiger partial charge >= 0.3 is 0 Å². The van der Waals surface area contributed by atoms with Gasteiger partial charge in [0.05, 0.1) is 10.6 Å². The number of aryl methyl sites for hydroxylation is 2. The van der Waals surface area contributed by atoms with Crippen molar-refractivity contribution in [3.63, 3.8) is 0 Å². The zero-order chi connectivity index (χ0) is 31.0. The van der Waals surface area contributed by atoms with Crippen LogP contribution in [0.2, 0.25) is 0 Å². The molecule has 0 saturated heterocycles. The number of amides is 2. The van der Waals surface area contributed by atoms with Gasteiger partial charge in [0.15, 0.2) is 0 Å². The van der Waals surface area contributed by atoms with Crippen LogP contribution in [0.3, 0.4) is 0 Å². The summed E-state index contributed by atoms with van der Waals surface area (Å²) in [7, 11) is -4.20. The molecule has 4 aromatic rings. The number of nitrogens with one attached hydrogen (secondary N) is 1. The van der Waals surface area contributed by atoms with Gasteiger partial charge in [-0.25, -0.2) is 12.8 Å². The summed E-state index contributed by atoms with van der Waals surface area (Å²) in [6, 6.07) is 27.4. The second-order valence-corrected chi connectivity index (χ2v) is 12.2. The van der Waals surface area contributed by atoms with Crippen LogP contribution in [0, 0.1) is 19.7 Å². The minimum absolute atomic E-state index is 0.0247. The number of hydrogen-bond acceptors (Lipinski definition) is 4. The lowest BCUT2D eigenvalue weighted by Crippen LogP contribution is -2.53. The molecule has 0 fully saturated rings. The molecule has 224 valence electrons. The molecule has 0 heterocycles. The Balaban J connectivity index is 1.80. The zero-order valence-electron chi connectivity index (χ0n) is 24.5. The summed E-state index contributed by atoms with van der Waals surface area (Å²) in [5, 5.41) is 2.80. The normalized spacial score (nSPS) is 11.9. The first-order chi connectivity index (χ1) is 20.6. The predicted octanol–water partition coefficient (Wildman–Crippen LogP) is 5.41. The number of halogens is 1. The lowest BCUT2D eigenvalue weighted by Gasteiger charge is -2.34. The Bertz CT molecular complexity index is 1640. The van der Waals surface area contributed by atoms with Gasteiger partial charge in [-0.3, -0.25) is 13.9 Å². The van der Waals surface area contributed by atoms with Crippen LogP contribution in [-0.4, -0.2) is 44.3 Å². The van der Waals surface area contributed by atoms with Crippen LogP contribution in [0.4, 0.5) is 10.1 Å². The first kappa shape index (κ1) is 31.4. The van der Waals surface area contributed by atoms with E-state index < -0.39 is 40.2 Å². The van der Waals surface area contributed by atoms with Gasteiger partial charge in [-0.05, 0) is 56.7 Å². The molecule has 0 aromatic heterocycles. The molecule has 7 nitrogen and oxygen atoms in total. The van der Waals surface area contributed by atoms with Crippen LogP contribution in [0.25, 0.3) is 0 Å². The highest BCUT2D eigenvalue weighted by Gasteiger charge is 2.34. The summed E-state index contributed by atoms with van der Waals surface area (Å²) >= 11 is 0. The van der Waals surface area contributed by atoms with Crippen molar-refractivity contribution in [3.05, 3.63) is 131 Å². The fraction of sp³-hybridized carbons (Fsp3) is 0.235. The van der Waals surface area contributed by atoms with E-state index >= 15 is 0 Å². The number of carbonyl (C=O) groups is 2. The Hall–Kier alpha value is -4.50. The molecule has 0 saturated carbocycles. The van der Waals surface area contributed by atoms with Crippen molar-refractivity contribution in [2.75, 3.05) is 17.4 Å². The third-order valence-electron chi connectivity index (χ3n) is 7.13. The van der Waals surface area contributed by atoms with Gasteiger partial charge in [-0.2, -0.15) is 0 Å². The standard InChI is InChI=1S/C34H36FN3O4S/c1-4-36-34(40)32(22-27-10-6-5-7-11-27)37(23-28-12-8-9-13-31(28)35)33(39)24-38(29-18-14-25(2)15-19-29)43(41,42)30-20-16-26(3)17-21-30/h5-21,32H,4,22-24H2,1-3H3,(H,36,40)/t32-/m1/s1. The second kappa shape index (κ2) is 14.1. The summed E-state index contributed by atoms with van der Waals surface area (Å²) < 4.78 is 44.0. The van der Waals surface area contributed by atoms with Crippen LogP contribution in [-0.2, 0) is 32.6 Å².